The SMILES string of the molecule is CC(C)C(=N)NC(=O)C1CCCC1. The molecule has 74 valence electrons. The van der Waals surface area contributed by atoms with Gasteiger partial charge in [-0.05, 0) is 12.8 Å². The molecule has 1 saturated carbocycles. The van der Waals surface area contributed by atoms with Crippen LogP contribution in [0.1, 0.15) is 39.5 Å². The lowest BCUT2D eigenvalue weighted by molar-refractivity contribution is -0.123. The molecule has 0 saturated heterocycles. The summed E-state index contributed by atoms with van der Waals surface area (Å²) in [5.41, 5.74) is 0. The molecule has 0 aromatic carbocycles. The van der Waals surface area contributed by atoms with Crippen LogP contribution >= 0.6 is 0 Å². The van der Waals surface area contributed by atoms with E-state index in [0.29, 0.717) is 5.84 Å². The summed E-state index contributed by atoms with van der Waals surface area (Å²) in [6.45, 7) is 3.83. The number of hydrogen-bond acceptors (Lipinski definition) is 2. The molecule has 0 atom stereocenters. The fourth-order valence-electron chi connectivity index (χ4n) is 1.57. The van der Waals surface area contributed by atoms with Crippen LogP contribution in [0.25, 0.3) is 0 Å². The number of nitrogens with one attached hydrogen (secondary N) is 2. The molecular formula is C10H18N2O. The van der Waals surface area contributed by atoms with E-state index in [1.165, 1.54) is 0 Å². The summed E-state index contributed by atoms with van der Waals surface area (Å²) in [7, 11) is 0. The highest BCUT2D eigenvalue weighted by molar-refractivity contribution is 5.98. The zero-order valence-corrected chi connectivity index (χ0v) is 8.39. The average Bonchev–Trinajstić information content (AvgIpc) is 2.55. The minimum atomic E-state index is 0.0520. The van der Waals surface area contributed by atoms with Crippen LogP contribution in [0.2, 0.25) is 0 Å². The summed E-state index contributed by atoms with van der Waals surface area (Å²) in [6.07, 6.45) is 4.31. The minimum Gasteiger partial charge on any atom is -0.314 e. The second-order valence-corrected chi connectivity index (χ2v) is 4.04. The van der Waals surface area contributed by atoms with Gasteiger partial charge in [-0.2, -0.15) is 0 Å². The van der Waals surface area contributed by atoms with Crippen molar-refractivity contribution < 1.29 is 4.79 Å². The maximum absolute atomic E-state index is 11.5. The summed E-state index contributed by atoms with van der Waals surface area (Å²) in [5, 5.41) is 10.2. The first kappa shape index (κ1) is 10.2. The monoisotopic (exact) mass is 182 g/mol. The maximum Gasteiger partial charge on any atom is 0.228 e. The van der Waals surface area contributed by atoms with E-state index in [1.54, 1.807) is 0 Å². The second-order valence-electron chi connectivity index (χ2n) is 4.04. The van der Waals surface area contributed by atoms with Crippen LogP contribution in [-0.2, 0) is 4.79 Å². The van der Waals surface area contributed by atoms with Gasteiger partial charge in [0.1, 0.15) is 5.84 Å². The smallest absolute Gasteiger partial charge is 0.228 e. The summed E-state index contributed by atoms with van der Waals surface area (Å²) >= 11 is 0. The molecule has 1 rings (SSSR count). The third-order valence-electron chi connectivity index (χ3n) is 2.56. The molecule has 13 heavy (non-hydrogen) atoms. The Labute approximate surface area is 79.4 Å². The number of amidine groups is 1. The predicted octanol–water partition coefficient (Wildman–Crippen LogP) is 1.93. The lowest BCUT2D eigenvalue weighted by Crippen LogP contribution is -2.36. The van der Waals surface area contributed by atoms with Crippen molar-refractivity contribution >= 4 is 11.7 Å². The van der Waals surface area contributed by atoms with Crippen LogP contribution in [0.5, 0.6) is 0 Å². The van der Waals surface area contributed by atoms with Crippen molar-refractivity contribution in [2.24, 2.45) is 11.8 Å². The van der Waals surface area contributed by atoms with Crippen molar-refractivity contribution in [2.45, 2.75) is 39.5 Å². The van der Waals surface area contributed by atoms with Crippen LogP contribution in [0.15, 0.2) is 0 Å². The van der Waals surface area contributed by atoms with Crippen LogP contribution in [0.3, 0.4) is 0 Å². The van der Waals surface area contributed by atoms with E-state index < -0.39 is 0 Å². The van der Waals surface area contributed by atoms with Gasteiger partial charge in [-0.3, -0.25) is 10.2 Å². The summed E-state index contributed by atoms with van der Waals surface area (Å²) in [5.74, 6) is 0.678. The molecule has 0 aromatic rings. The Morgan fingerprint density at radius 1 is 1.38 bits per heavy atom. The van der Waals surface area contributed by atoms with Gasteiger partial charge in [-0.1, -0.05) is 26.7 Å². The summed E-state index contributed by atoms with van der Waals surface area (Å²) in [6, 6.07) is 0. The van der Waals surface area contributed by atoms with Gasteiger partial charge >= 0.3 is 0 Å². The van der Waals surface area contributed by atoms with Gasteiger partial charge in [-0.25, -0.2) is 0 Å². The Morgan fingerprint density at radius 3 is 2.38 bits per heavy atom. The van der Waals surface area contributed by atoms with Crippen LogP contribution < -0.4 is 5.32 Å². The molecule has 1 aliphatic carbocycles. The van der Waals surface area contributed by atoms with Gasteiger partial charge in [0, 0.05) is 11.8 Å². The predicted molar refractivity (Wildman–Crippen MR) is 52.7 cm³/mol. The normalized spacial score (nSPS) is 17.8. The van der Waals surface area contributed by atoms with Crippen molar-refractivity contribution in [1.29, 1.82) is 5.41 Å². The van der Waals surface area contributed by atoms with E-state index >= 15 is 0 Å². The number of rotatable bonds is 2. The first-order valence-electron chi connectivity index (χ1n) is 5.00. The molecular weight excluding hydrogens is 164 g/mol. The Morgan fingerprint density at radius 2 is 1.92 bits per heavy atom. The molecule has 0 unspecified atom stereocenters. The highest BCUT2D eigenvalue weighted by Gasteiger charge is 2.23. The molecule has 0 aromatic heterocycles. The van der Waals surface area contributed by atoms with Gasteiger partial charge in [0.2, 0.25) is 5.91 Å². The summed E-state index contributed by atoms with van der Waals surface area (Å²) < 4.78 is 0. The van der Waals surface area contributed by atoms with Crippen molar-refractivity contribution in [2.75, 3.05) is 0 Å². The largest absolute Gasteiger partial charge is 0.314 e. The Kier molecular flexibility index (Phi) is 3.46. The topological polar surface area (TPSA) is 53.0 Å². The van der Waals surface area contributed by atoms with Crippen molar-refractivity contribution in [3.63, 3.8) is 0 Å². The fourth-order valence-corrected chi connectivity index (χ4v) is 1.57. The van der Waals surface area contributed by atoms with Crippen LogP contribution in [-0.4, -0.2) is 11.7 Å². The van der Waals surface area contributed by atoms with E-state index in [4.69, 9.17) is 5.41 Å². The molecule has 0 aliphatic heterocycles. The number of carbonyl (C=O) groups is 1. The third-order valence-corrected chi connectivity index (χ3v) is 2.56. The van der Waals surface area contributed by atoms with Gasteiger partial charge in [0.05, 0.1) is 0 Å². The first-order valence-corrected chi connectivity index (χ1v) is 5.00. The maximum atomic E-state index is 11.5. The molecule has 0 radical (unpaired) electrons. The lowest BCUT2D eigenvalue weighted by atomic mass is 10.1. The standard InChI is InChI=1S/C10H18N2O/c1-7(2)9(11)12-10(13)8-5-3-4-6-8/h7-8H,3-6H2,1-2H3,(H2,11,12,13). The second kappa shape index (κ2) is 4.40. The van der Waals surface area contributed by atoms with Gasteiger partial charge < -0.3 is 5.32 Å². The highest BCUT2D eigenvalue weighted by Crippen LogP contribution is 2.24. The lowest BCUT2D eigenvalue weighted by Gasteiger charge is -2.12. The van der Waals surface area contributed by atoms with Gasteiger partial charge in [0.25, 0.3) is 0 Å². The molecule has 0 bridgehead atoms. The molecule has 3 heteroatoms. The van der Waals surface area contributed by atoms with E-state index in [9.17, 15) is 4.79 Å². The van der Waals surface area contributed by atoms with Gasteiger partial charge in [0.15, 0.2) is 0 Å². The average molecular weight is 182 g/mol. The number of hydrogen-bond donors (Lipinski definition) is 2. The molecule has 0 heterocycles. The third kappa shape index (κ3) is 2.83. The molecule has 0 spiro atoms. The summed E-state index contributed by atoms with van der Waals surface area (Å²) in [4.78, 5) is 11.5. The van der Waals surface area contributed by atoms with E-state index in [0.717, 1.165) is 25.7 Å². The van der Waals surface area contributed by atoms with Crippen molar-refractivity contribution in [1.82, 2.24) is 5.32 Å². The molecule has 2 N–H and O–H groups in total. The first-order chi connectivity index (χ1) is 6.11. The van der Waals surface area contributed by atoms with Crippen LogP contribution in [0.4, 0.5) is 0 Å². The van der Waals surface area contributed by atoms with Crippen molar-refractivity contribution in [3.05, 3.63) is 0 Å². The fraction of sp³-hybridized carbons (Fsp3) is 0.800. The van der Waals surface area contributed by atoms with E-state index in [-0.39, 0.29) is 17.7 Å². The molecule has 3 nitrogen and oxygen atoms in total. The Balaban J connectivity index is 2.36. The Hall–Kier alpha value is -0.860. The highest BCUT2D eigenvalue weighted by atomic mass is 16.1. The zero-order valence-electron chi connectivity index (χ0n) is 8.39. The number of amides is 1. The van der Waals surface area contributed by atoms with Crippen LogP contribution in [0, 0.1) is 17.2 Å². The van der Waals surface area contributed by atoms with E-state index in [1.807, 2.05) is 13.8 Å². The van der Waals surface area contributed by atoms with Crippen molar-refractivity contribution in [3.8, 4) is 0 Å². The molecule has 1 fully saturated rings. The molecule has 1 amide bonds. The van der Waals surface area contributed by atoms with E-state index in [2.05, 4.69) is 5.32 Å². The number of carbonyl (C=O) groups excluding carboxylic acids is 1. The Bertz CT molecular complexity index is 205. The quantitative estimate of drug-likeness (QED) is 0.497. The molecule has 1 aliphatic rings. The zero-order chi connectivity index (χ0) is 9.84. The van der Waals surface area contributed by atoms with Gasteiger partial charge in [-0.15, -0.1) is 0 Å². The minimum absolute atomic E-state index is 0.0520.